The molecule has 0 radical (unpaired) electrons. The summed E-state index contributed by atoms with van der Waals surface area (Å²) >= 11 is 0. The third-order valence-electron chi connectivity index (χ3n) is 3.84. The van der Waals surface area contributed by atoms with Gasteiger partial charge < -0.3 is 5.32 Å². The Labute approximate surface area is 108 Å². The zero-order valence-electron chi connectivity index (χ0n) is 10.7. The minimum atomic E-state index is 0.490. The van der Waals surface area contributed by atoms with Gasteiger partial charge in [0, 0.05) is 23.8 Å². The van der Waals surface area contributed by atoms with Gasteiger partial charge in [-0.1, -0.05) is 24.3 Å². The number of benzene rings is 1. The molecule has 0 bridgehead atoms. The molecule has 1 aliphatic carbocycles. The predicted octanol–water partition coefficient (Wildman–Crippen LogP) is 2.89. The molecule has 3 nitrogen and oxygen atoms in total. The van der Waals surface area contributed by atoms with E-state index in [2.05, 4.69) is 46.7 Å². The Morgan fingerprint density at radius 1 is 1.39 bits per heavy atom. The molecule has 2 aromatic rings. The van der Waals surface area contributed by atoms with Gasteiger partial charge in [-0.15, -0.1) is 0 Å². The summed E-state index contributed by atoms with van der Waals surface area (Å²) in [6, 6.07) is 9.29. The largest absolute Gasteiger partial charge is 0.306 e. The van der Waals surface area contributed by atoms with Gasteiger partial charge in [0.05, 0.1) is 6.20 Å². The van der Waals surface area contributed by atoms with Crippen LogP contribution in [0.1, 0.15) is 41.3 Å². The summed E-state index contributed by atoms with van der Waals surface area (Å²) in [6.45, 7) is 2.96. The van der Waals surface area contributed by atoms with Crippen molar-refractivity contribution in [2.75, 3.05) is 0 Å². The van der Waals surface area contributed by atoms with Gasteiger partial charge in [-0.3, -0.25) is 5.10 Å². The van der Waals surface area contributed by atoms with E-state index in [-0.39, 0.29) is 0 Å². The molecular weight excluding hydrogens is 222 g/mol. The van der Waals surface area contributed by atoms with Crippen LogP contribution in [-0.2, 0) is 13.0 Å². The molecule has 0 fully saturated rings. The molecule has 3 rings (SSSR count). The number of rotatable bonds is 3. The number of aryl methyl sites for hydroxylation is 2. The molecule has 94 valence electrons. The summed E-state index contributed by atoms with van der Waals surface area (Å²) in [4.78, 5) is 0. The molecule has 3 heteroatoms. The molecule has 1 aromatic heterocycles. The summed E-state index contributed by atoms with van der Waals surface area (Å²) in [5, 5.41) is 10.7. The van der Waals surface area contributed by atoms with E-state index in [1.165, 1.54) is 36.0 Å². The maximum absolute atomic E-state index is 4.06. The zero-order valence-corrected chi connectivity index (χ0v) is 10.7. The molecule has 0 aliphatic heterocycles. The second kappa shape index (κ2) is 4.94. The van der Waals surface area contributed by atoms with Crippen molar-refractivity contribution in [1.29, 1.82) is 0 Å². The first-order chi connectivity index (χ1) is 8.84. The number of nitrogens with zero attached hydrogens (tertiary/aromatic N) is 1. The molecule has 1 aliphatic rings. The Balaban J connectivity index is 1.73. The lowest BCUT2D eigenvalue weighted by molar-refractivity contribution is 0.458. The molecule has 18 heavy (non-hydrogen) atoms. The summed E-state index contributed by atoms with van der Waals surface area (Å²) in [7, 11) is 0. The number of nitrogens with one attached hydrogen (secondary N) is 2. The molecule has 1 aromatic carbocycles. The van der Waals surface area contributed by atoms with E-state index in [0.29, 0.717) is 6.04 Å². The van der Waals surface area contributed by atoms with Crippen molar-refractivity contribution in [3.63, 3.8) is 0 Å². The lowest BCUT2D eigenvalue weighted by Crippen LogP contribution is -2.24. The highest BCUT2D eigenvalue weighted by molar-refractivity contribution is 5.32. The molecule has 0 saturated heterocycles. The number of hydrogen-bond donors (Lipinski definition) is 2. The van der Waals surface area contributed by atoms with Crippen LogP contribution in [0.5, 0.6) is 0 Å². The fourth-order valence-electron chi connectivity index (χ4n) is 2.75. The van der Waals surface area contributed by atoms with Crippen LogP contribution in [0.3, 0.4) is 0 Å². The van der Waals surface area contributed by atoms with Gasteiger partial charge in [0.2, 0.25) is 0 Å². The average molecular weight is 241 g/mol. The highest BCUT2D eigenvalue weighted by Gasteiger charge is 2.19. The average Bonchev–Trinajstić information content (AvgIpc) is 2.82. The number of aromatic nitrogens is 2. The lowest BCUT2D eigenvalue weighted by atomic mass is 9.87. The Hall–Kier alpha value is -1.61. The molecule has 1 atom stereocenters. The minimum Gasteiger partial charge on any atom is -0.306 e. The standard InChI is InChI=1S/C15H19N3/c1-11-13(10-17-18-11)9-16-15-8-4-6-12-5-2-3-7-14(12)15/h2-3,5,7,10,15-16H,4,6,8-9H2,1H3,(H,17,18)/t15-/m0/s1. The highest BCUT2D eigenvalue weighted by Crippen LogP contribution is 2.29. The smallest absolute Gasteiger partial charge is 0.0535 e. The Kier molecular flexibility index (Phi) is 3.15. The van der Waals surface area contributed by atoms with Gasteiger partial charge in [0.1, 0.15) is 0 Å². The van der Waals surface area contributed by atoms with Crippen LogP contribution in [0, 0.1) is 6.92 Å². The number of H-pyrrole nitrogens is 1. The van der Waals surface area contributed by atoms with Crippen LogP contribution in [0.25, 0.3) is 0 Å². The van der Waals surface area contributed by atoms with Crippen LogP contribution in [0.4, 0.5) is 0 Å². The fraction of sp³-hybridized carbons (Fsp3) is 0.400. The summed E-state index contributed by atoms with van der Waals surface area (Å²) in [5.74, 6) is 0. The maximum Gasteiger partial charge on any atom is 0.0535 e. The van der Waals surface area contributed by atoms with Gasteiger partial charge in [0.25, 0.3) is 0 Å². The van der Waals surface area contributed by atoms with Crippen LogP contribution in [0.2, 0.25) is 0 Å². The third kappa shape index (κ3) is 2.18. The van der Waals surface area contributed by atoms with Gasteiger partial charge >= 0.3 is 0 Å². The van der Waals surface area contributed by atoms with Crippen molar-refractivity contribution in [1.82, 2.24) is 15.5 Å². The lowest BCUT2D eigenvalue weighted by Gasteiger charge is -2.26. The summed E-state index contributed by atoms with van der Waals surface area (Å²) < 4.78 is 0. The quantitative estimate of drug-likeness (QED) is 0.867. The van der Waals surface area contributed by atoms with Gasteiger partial charge in [-0.05, 0) is 37.3 Å². The van der Waals surface area contributed by atoms with Crippen LogP contribution >= 0.6 is 0 Å². The second-order valence-electron chi connectivity index (χ2n) is 5.04. The van der Waals surface area contributed by atoms with Crippen molar-refractivity contribution in [3.8, 4) is 0 Å². The first-order valence-corrected chi connectivity index (χ1v) is 6.64. The van der Waals surface area contributed by atoms with Crippen LogP contribution < -0.4 is 5.32 Å². The normalized spacial score (nSPS) is 18.6. The zero-order chi connectivity index (χ0) is 12.4. The monoisotopic (exact) mass is 241 g/mol. The van der Waals surface area contributed by atoms with Crippen molar-refractivity contribution in [2.45, 2.75) is 38.8 Å². The number of fused-ring (bicyclic) bond motifs is 1. The summed E-state index contributed by atoms with van der Waals surface area (Å²) in [6.07, 6.45) is 5.64. The fourth-order valence-corrected chi connectivity index (χ4v) is 2.75. The van der Waals surface area contributed by atoms with Gasteiger partial charge in [-0.25, -0.2) is 0 Å². The third-order valence-corrected chi connectivity index (χ3v) is 3.84. The Morgan fingerprint density at radius 2 is 2.28 bits per heavy atom. The molecule has 0 spiro atoms. The van der Waals surface area contributed by atoms with E-state index >= 15 is 0 Å². The SMILES string of the molecule is Cc1[nH]ncc1CN[C@H]1CCCc2ccccc21. The van der Waals surface area contributed by atoms with E-state index in [1.807, 2.05) is 6.20 Å². The first kappa shape index (κ1) is 11.5. The van der Waals surface area contributed by atoms with E-state index < -0.39 is 0 Å². The topological polar surface area (TPSA) is 40.7 Å². The van der Waals surface area contributed by atoms with Gasteiger partial charge in [0.15, 0.2) is 0 Å². The molecular formula is C15H19N3. The molecule has 0 saturated carbocycles. The number of aromatic amines is 1. The van der Waals surface area contributed by atoms with E-state index in [9.17, 15) is 0 Å². The molecule has 0 unspecified atom stereocenters. The Bertz CT molecular complexity index is 530. The van der Waals surface area contributed by atoms with E-state index in [1.54, 1.807) is 0 Å². The summed E-state index contributed by atoms with van der Waals surface area (Å²) in [5.41, 5.74) is 5.40. The molecule has 2 N–H and O–H groups in total. The van der Waals surface area contributed by atoms with E-state index in [4.69, 9.17) is 0 Å². The maximum atomic E-state index is 4.06. The van der Waals surface area contributed by atoms with Crippen molar-refractivity contribution in [2.24, 2.45) is 0 Å². The minimum absolute atomic E-state index is 0.490. The highest BCUT2D eigenvalue weighted by atomic mass is 15.1. The van der Waals surface area contributed by atoms with Crippen molar-refractivity contribution < 1.29 is 0 Å². The first-order valence-electron chi connectivity index (χ1n) is 6.64. The van der Waals surface area contributed by atoms with Crippen molar-refractivity contribution in [3.05, 3.63) is 52.8 Å². The second-order valence-corrected chi connectivity index (χ2v) is 5.04. The molecule has 0 amide bonds. The van der Waals surface area contributed by atoms with Crippen LogP contribution in [-0.4, -0.2) is 10.2 Å². The van der Waals surface area contributed by atoms with Crippen LogP contribution in [0.15, 0.2) is 30.5 Å². The van der Waals surface area contributed by atoms with Gasteiger partial charge in [-0.2, -0.15) is 5.10 Å². The predicted molar refractivity (Wildman–Crippen MR) is 72.3 cm³/mol. The number of hydrogen-bond acceptors (Lipinski definition) is 2. The molecule has 1 heterocycles. The van der Waals surface area contributed by atoms with E-state index in [0.717, 1.165) is 12.2 Å². The Morgan fingerprint density at radius 3 is 3.11 bits per heavy atom. The van der Waals surface area contributed by atoms with Crippen molar-refractivity contribution >= 4 is 0 Å².